The number of nitrogens with zero attached hydrogens (tertiary/aromatic N) is 1. The first-order valence-electron chi connectivity index (χ1n) is 7.15. The molecule has 0 bridgehead atoms. The molecule has 1 saturated heterocycles. The Bertz CT molecular complexity index is 450. The predicted molar refractivity (Wildman–Crippen MR) is 84.1 cm³/mol. The summed E-state index contributed by atoms with van der Waals surface area (Å²) in [6.07, 6.45) is 0. The second-order valence-electron chi connectivity index (χ2n) is 5.19. The van der Waals surface area contributed by atoms with Gasteiger partial charge in [-0.3, -0.25) is 0 Å². The normalized spacial score (nSPS) is 19.0. The fourth-order valence-corrected chi connectivity index (χ4v) is 3.47. The fraction of sp³-hybridized carbons (Fsp3) is 0.600. The summed E-state index contributed by atoms with van der Waals surface area (Å²) in [5.41, 5.74) is 0.729. The number of hydrogen-bond donors (Lipinski definition) is 1. The largest absolute Gasteiger partial charge is 0.383 e. The Morgan fingerprint density at radius 1 is 1.38 bits per heavy atom. The third-order valence-electron chi connectivity index (χ3n) is 3.54. The molecule has 0 radical (unpaired) electrons. The molecule has 1 heterocycles. The van der Waals surface area contributed by atoms with Gasteiger partial charge in [0.15, 0.2) is 0 Å². The molecule has 0 saturated carbocycles. The van der Waals surface area contributed by atoms with Gasteiger partial charge in [0.25, 0.3) is 0 Å². The number of ether oxygens (including phenoxy) is 1. The number of benzene rings is 1. The summed E-state index contributed by atoms with van der Waals surface area (Å²) in [7, 11) is 1.62. The van der Waals surface area contributed by atoms with Crippen molar-refractivity contribution >= 4 is 17.4 Å². The fourth-order valence-electron chi connectivity index (χ4n) is 2.46. The lowest BCUT2D eigenvalue weighted by Crippen LogP contribution is -2.41. The Labute approximate surface area is 129 Å². The van der Waals surface area contributed by atoms with Crippen LogP contribution >= 0.6 is 11.8 Å². The first kappa shape index (κ1) is 16.5. The molecule has 3 nitrogen and oxygen atoms in total. The van der Waals surface area contributed by atoms with Crippen LogP contribution in [-0.2, 0) is 11.3 Å². The zero-order chi connectivity index (χ0) is 15.2. The van der Waals surface area contributed by atoms with E-state index in [0.29, 0.717) is 31.8 Å². The zero-order valence-corrected chi connectivity index (χ0v) is 13.3. The monoisotopic (exact) mass is 316 g/mol. The molecule has 0 aromatic heterocycles. The molecular formula is C15H22F2N2OS. The van der Waals surface area contributed by atoms with Crippen molar-refractivity contribution in [1.29, 1.82) is 0 Å². The van der Waals surface area contributed by atoms with Crippen LogP contribution in [0.15, 0.2) is 12.1 Å². The van der Waals surface area contributed by atoms with E-state index in [-0.39, 0.29) is 11.7 Å². The molecule has 1 aliphatic rings. The average Bonchev–Trinajstić information content (AvgIpc) is 2.45. The van der Waals surface area contributed by atoms with Crippen molar-refractivity contribution in [1.82, 2.24) is 5.32 Å². The van der Waals surface area contributed by atoms with Gasteiger partial charge < -0.3 is 15.0 Å². The molecule has 1 atom stereocenters. The molecule has 118 valence electrons. The van der Waals surface area contributed by atoms with E-state index in [1.54, 1.807) is 7.11 Å². The van der Waals surface area contributed by atoms with Crippen molar-refractivity contribution in [2.75, 3.05) is 43.2 Å². The van der Waals surface area contributed by atoms with Crippen LogP contribution in [0.1, 0.15) is 12.5 Å². The molecule has 1 fully saturated rings. The van der Waals surface area contributed by atoms with Crippen molar-refractivity contribution in [3.63, 3.8) is 0 Å². The number of rotatable bonds is 6. The molecule has 0 amide bonds. The van der Waals surface area contributed by atoms with Gasteiger partial charge in [0, 0.05) is 44.3 Å². The average molecular weight is 316 g/mol. The molecule has 1 N–H and O–H groups in total. The smallest absolute Gasteiger partial charge is 0.149 e. The molecule has 0 aliphatic carbocycles. The summed E-state index contributed by atoms with van der Waals surface area (Å²) in [5, 5.41) is 3.09. The van der Waals surface area contributed by atoms with E-state index in [2.05, 4.69) is 5.32 Å². The van der Waals surface area contributed by atoms with Crippen molar-refractivity contribution in [2.24, 2.45) is 0 Å². The van der Waals surface area contributed by atoms with Crippen molar-refractivity contribution in [3.8, 4) is 0 Å². The minimum atomic E-state index is -0.475. The van der Waals surface area contributed by atoms with Gasteiger partial charge in [-0.2, -0.15) is 11.8 Å². The van der Waals surface area contributed by atoms with E-state index in [1.807, 2.05) is 23.6 Å². The second-order valence-corrected chi connectivity index (χ2v) is 6.34. The predicted octanol–water partition coefficient (Wildman–Crippen LogP) is 2.64. The Kier molecular flexibility index (Phi) is 6.26. The molecule has 1 aromatic rings. The summed E-state index contributed by atoms with van der Waals surface area (Å²) in [5.74, 6) is 0.859. The van der Waals surface area contributed by atoms with Crippen LogP contribution in [0, 0.1) is 11.6 Å². The summed E-state index contributed by atoms with van der Waals surface area (Å²) in [4.78, 5) is 1.84. The van der Waals surface area contributed by atoms with Crippen LogP contribution in [0.3, 0.4) is 0 Å². The first-order chi connectivity index (χ1) is 10.1. The molecule has 1 aliphatic heterocycles. The second kappa shape index (κ2) is 7.96. The molecular weight excluding hydrogens is 294 g/mol. The minimum absolute atomic E-state index is 0.114. The lowest BCUT2D eigenvalue weighted by molar-refractivity contribution is 0.199. The van der Waals surface area contributed by atoms with Gasteiger partial charge in [-0.25, -0.2) is 8.78 Å². The standard InChI is InChI=1S/C15H22F2N2OS/c1-11-10-21-6-4-19(11)15-13(16)7-12(8-14(15)17)9-18-3-5-20-2/h7-8,11,18H,3-6,9-10H2,1-2H3. The maximum absolute atomic E-state index is 14.3. The van der Waals surface area contributed by atoms with E-state index in [9.17, 15) is 8.78 Å². The number of methoxy groups -OCH3 is 1. The highest BCUT2D eigenvalue weighted by Crippen LogP contribution is 2.30. The van der Waals surface area contributed by atoms with Crippen LogP contribution in [0.5, 0.6) is 0 Å². The van der Waals surface area contributed by atoms with Gasteiger partial charge in [-0.15, -0.1) is 0 Å². The molecule has 1 unspecified atom stereocenters. The van der Waals surface area contributed by atoms with Gasteiger partial charge in [0.2, 0.25) is 0 Å². The minimum Gasteiger partial charge on any atom is -0.383 e. The van der Waals surface area contributed by atoms with Gasteiger partial charge in [-0.05, 0) is 24.6 Å². The van der Waals surface area contributed by atoms with Crippen molar-refractivity contribution in [2.45, 2.75) is 19.5 Å². The van der Waals surface area contributed by atoms with Gasteiger partial charge in [0.05, 0.1) is 6.61 Å². The highest BCUT2D eigenvalue weighted by atomic mass is 32.2. The Morgan fingerprint density at radius 3 is 2.71 bits per heavy atom. The van der Waals surface area contributed by atoms with Crippen molar-refractivity contribution < 1.29 is 13.5 Å². The molecule has 2 rings (SSSR count). The first-order valence-corrected chi connectivity index (χ1v) is 8.31. The van der Waals surface area contributed by atoms with Crippen molar-refractivity contribution in [3.05, 3.63) is 29.3 Å². The Balaban J connectivity index is 2.09. The van der Waals surface area contributed by atoms with Gasteiger partial charge >= 0.3 is 0 Å². The van der Waals surface area contributed by atoms with E-state index >= 15 is 0 Å². The van der Waals surface area contributed by atoms with Crippen LogP contribution in [0.4, 0.5) is 14.5 Å². The number of thioether (sulfide) groups is 1. The Morgan fingerprint density at radius 2 is 2.10 bits per heavy atom. The van der Waals surface area contributed by atoms with Gasteiger partial charge in [0.1, 0.15) is 17.3 Å². The van der Waals surface area contributed by atoms with E-state index in [1.165, 1.54) is 12.1 Å². The topological polar surface area (TPSA) is 24.5 Å². The zero-order valence-electron chi connectivity index (χ0n) is 12.5. The summed E-state index contributed by atoms with van der Waals surface area (Å²) < 4.78 is 33.5. The maximum atomic E-state index is 14.3. The van der Waals surface area contributed by atoms with Crippen LogP contribution in [0.2, 0.25) is 0 Å². The third kappa shape index (κ3) is 4.31. The number of nitrogens with one attached hydrogen (secondary N) is 1. The summed E-state index contributed by atoms with van der Waals surface area (Å²) in [6, 6.07) is 3.00. The number of hydrogen-bond acceptors (Lipinski definition) is 4. The Hall–Kier alpha value is -0.850. The van der Waals surface area contributed by atoms with E-state index in [0.717, 1.165) is 11.5 Å². The van der Waals surface area contributed by atoms with Crippen LogP contribution in [-0.4, -0.2) is 44.4 Å². The lowest BCUT2D eigenvalue weighted by Gasteiger charge is -2.35. The maximum Gasteiger partial charge on any atom is 0.149 e. The quantitative estimate of drug-likeness (QED) is 0.816. The lowest BCUT2D eigenvalue weighted by atomic mass is 10.1. The highest BCUT2D eigenvalue weighted by molar-refractivity contribution is 7.99. The van der Waals surface area contributed by atoms with Gasteiger partial charge in [-0.1, -0.05) is 0 Å². The molecule has 1 aromatic carbocycles. The highest BCUT2D eigenvalue weighted by Gasteiger charge is 2.25. The van der Waals surface area contributed by atoms with E-state index < -0.39 is 11.6 Å². The molecule has 6 heteroatoms. The molecule has 21 heavy (non-hydrogen) atoms. The van der Waals surface area contributed by atoms with Crippen LogP contribution < -0.4 is 10.2 Å². The summed E-state index contributed by atoms with van der Waals surface area (Å²) >= 11 is 1.82. The number of anilines is 1. The SMILES string of the molecule is COCCNCc1cc(F)c(N2CCSCC2C)c(F)c1. The van der Waals surface area contributed by atoms with Crippen LogP contribution in [0.25, 0.3) is 0 Å². The van der Waals surface area contributed by atoms with E-state index in [4.69, 9.17) is 4.74 Å². The number of halogens is 2. The third-order valence-corrected chi connectivity index (χ3v) is 4.73. The summed E-state index contributed by atoms with van der Waals surface area (Å²) in [6.45, 7) is 4.35. The molecule has 0 spiro atoms.